The van der Waals surface area contributed by atoms with Gasteiger partial charge in [-0.15, -0.1) is 0 Å². The van der Waals surface area contributed by atoms with E-state index in [2.05, 4.69) is 0 Å². The zero-order chi connectivity index (χ0) is 15.7. The van der Waals surface area contributed by atoms with Crippen LogP contribution < -0.4 is 4.74 Å². The van der Waals surface area contributed by atoms with Gasteiger partial charge in [-0.1, -0.05) is 13.8 Å². The van der Waals surface area contributed by atoms with Gasteiger partial charge in [-0.25, -0.2) is 8.42 Å². The number of aliphatic hydroxyl groups is 1. The van der Waals surface area contributed by atoms with Crippen molar-refractivity contribution in [2.45, 2.75) is 43.1 Å². The van der Waals surface area contributed by atoms with Crippen LogP contribution in [-0.4, -0.2) is 38.8 Å². The summed E-state index contributed by atoms with van der Waals surface area (Å²) in [5.74, 6) is 0.582. The molecule has 21 heavy (non-hydrogen) atoms. The van der Waals surface area contributed by atoms with Crippen molar-refractivity contribution in [1.29, 1.82) is 0 Å². The molecular formula is C15H22O5S. The second-order valence-electron chi connectivity index (χ2n) is 5.41. The van der Waals surface area contributed by atoms with Crippen LogP contribution in [0, 0.1) is 5.41 Å². The number of ether oxygens (including phenoxy) is 2. The van der Waals surface area contributed by atoms with E-state index in [0.29, 0.717) is 18.6 Å². The molecule has 6 heteroatoms. The Labute approximate surface area is 125 Å². The first kappa shape index (κ1) is 16.3. The fraction of sp³-hybridized carbons (Fsp3) is 0.600. The zero-order valence-corrected chi connectivity index (χ0v) is 13.4. The number of methoxy groups -OCH3 is 1. The van der Waals surface area contributed by atoms with Crippen molar-refractivity contribution >= 4 is 9.84 Å². The molecule has 0 unspecified atom stereocenters. The second-order valence-corrected chi connectivity index (χ2v) is 7.44. The molecule has 2 atom stereocenters. The first-order valence-electron chi connectivity index (χ1n) is 7.09. The number of aliphatic hydroxyl groups excluding tert-OH is 1. The number of hydrogen-bond donors (Lipinski definition) is 1. The number of hydrogen-bond acceptors (Lipinski definition) is 5. The van der Waals surface area contributed by atoms with Crippen LogP contribution in [-0.2, 0) is 14.6 Å². The minimum atomic E-state index is -3.73. The predicted molar refractivity (Wildman–Crippen MR) is 78.9 cm³/mol. The maximum atomic E-state index is 12.6. The smallest absolute Gasteiger partial charge is 0.207 e. The molecule has 1 aliphatic heterocycles. The average Bonchev–Trinajstić information content (AvgIpc) is 2.85. The summed E-state index contributed by atoms with van der Waals surface area (Å²) in [5.41, 5.74) is -1.68. The van der Waals surface area contributed by atoms with Crippen LogP contribution in [0.4, 0.5) is 0 Å². The molecular weight excluding hydrogens is 292 g/mol. The van der Waals surface area contributed by atoms with E-state index in [9.17, 15) is 13.5 Å². The van der Waals surface area contributed by atoms with Crippen LogP contribution in [0.3, 0.4) is 0 Å². The third kappa shape index (κ3) is 2.67. The number of rotatable bonds is 5. The van der Waals surface area contributed by atoms with E-state index in [1.165, 1.54) is 19.2 Å². The van der Waals surface area contributed by atoms with Crippen molar-refractivity contribution in [2.75, 3.05) is 13.7 Å². The van der Waals surface area contributed by atoms with Gasteiger partial charge in [-0.3, -0.25) is 0 Å². The van der Waals surface area contributed by atoms with Crippen molar-refractivity contribution in [1.82, 2.24) is 0 Å². The molecule has 1 aromatic rings. The summed E-state index contributed by atoms with van der Waals surface area (Å²) in [6.45, 7) is 4.15. The molecule has 0 spiro atoms. The Morgan fingerprint density at radius 1 is 1.29 bits per heavy atom. The molecule has 0 saturated carbocycles. The van der Waals surface area contributed by atoms with Crippen molar-refractivity contribution in [3.63, 3.8) is 0 Å². The summed E-state index contributed by atoms with van der Waals surface area (Å²) in [4.78, 5) is 0.135. The first-order chi connectivity index (χ1) is 9.91. The molecule has 2 rings (SSSR count). The van der Waals surface area contributed by atoms with E-state index in [0.717, 1.165) is 0 Å². The van der Waals surface area contributed by atoms with Crippen molar-refractivity contribution in [2.24, 2.45) is 5.41 Å². The minimum Gasteiger partial charge on any atom is -0.497 e. The average molecular weight is 314 g/mol. The van der Waals surface area contributed by atoms with Gasteiger partial charge in [0.15, 0.2) is 5.44 Å². The maximum Gasteiger partial charge on any atom is 0.207 e. The summed E-state index contributed by atoms with van der Waals surface area (Å²) in [6, 6.07) is 6.12. The molecule has 1 heterocycles. The quantitative estimate of drug-likeness (QED) is 0.900. The first-order valence-corrected chi connectivity index (χ1v) is 8.63. The van der Waals surface area contributed by atoms with E-state index in [1.54, 1.807) is 12.1 Å². The summed E-state index contributed by atoms with van der Waals surface area (Å²) < 4.78 is 35.8. The van der Waals surface area contributed by atoms with Gasteiger partial charge in [-0.05, 0) is 37.1 Å². The van der Waals surface area contributed by atoms with Crippen molar-refractivity contribution in [3.8, 4) is 5.75 Å². The van der Waals surface area contributed by atoms with Crippen LogP contribution in [0.25, 0.3) is 0 Å². The molecule has 1 fully saturated rings. The molecule has 0 aromatic heterocycles. The highest BCUT2D eigenvalue weighted by molar-refractivity contribution is 7.92. The van der Waals surface area contributed by atoms with Gasteiger partial charge in [0.2, 0.25) is 9.84 Å². The second kappa shape index (κ2) is 5.94. The molecule has 1 N–H and O–H groups in total. The van der Waals surface area contributed by atoms with Crippen LogP contribution in [0.2, 0.25) is 0 Å². The van der Waals surface area contributed by atoms with Crippen molar-refractivity contribution < 1.29 is 23.0 Å². The molecule has 1 aliphatic rings. The Morgan fingerprint density at radius 3 is 2.29 bits per heavy atom. The summed E-state index contributed by atoms with van der Waals surface area (Å²) in [6.07, 6.45) is 0.345. The molecule has 0 radical (unpaired) electrons. The standard InChI is InChI=1S/C15H22O5S/c1-4-15(5-2)10-20-14(13(15)16)21(17,18)12-8-6-11(19-3)7-9-12/h6-9,13-14,16H,4-5,10H2,1-3H3/t13-,14-/m0/s1. The lowest BCUT2D eigenvalue weighted by atomic mass is 9.80. The van der Waals surface area contributed by atoms with E-state index in [4.69, 9.17) is 9.47 Å². The van der Waals surface area contributed by atoms with Crippen LogP contribution in [0.15, 0.2) is 29.2 Å². The Balaban J connectivity index is 2.32. The molecule has 0 bridgehead atoms. The summed E-state index contributed by atoms with van der Waals surface area (Å²) in [7, 11) is -2.21. The SMILES string of the molecule is CCC1(CC)CO[C@@H](S(=O)(=O)c2ccc(OC)cc2)[C@@H]1O. The number of sulfone groups is 1. The van der Waals surface area contributed by atoms with Crippen molar-refractivity contribution in [3.05, 3.63) is 24.3 Å². The van der Waals surface area contributed by atoms with Gasteiger partial charge < -0.3 is 14.6 Å². The highest BCUT2D eigenvalue weighted by atomic mass is 32.2. The van der Waals surface area contributed by atoms with Gasteiger partial charge in [0.25, 0.3) is 0 Å². The van der Waals surface area contributed by atoms with Gasteiger partial charge in [-0.2, -0.15) is 0 Å². The lowest BCUT2D eigenvalue weighted by Gasteiger charge is -2.29. The Kier molecular flexibility index (Phi) is 4.60. The summed E-state index contributed by atoms with van der Waals surface area (Å²) >= 11 is 0. The number of benzene rings is 1. The Hall–Kier alpha value is -1.11. The largest absolute Gasteiger partial charge is 0.497 e. The van der Waals surface area contributed by atoms with E-state index < -0.39 is 26.8 Å². The van der Waals surface area contributed by atoms with Crippen LogP contribution in [0.5, 0.6) is 5.75 Å². The highest BCUT2D eigenvalue weighted by Gasteiger charge is 2.52. The lowest BCUT2D eigenvalue weighted by molar-refractivity contribution is 0.0530. The third-order valence-electron chi connectivity index (χ3n) is 4.52. The van der Waals surface area contributed by atoms with Gasteiger partial charge in [0.1, 0.15) is 11.9 Å². The summed E-state index contributed by atoms with van der Waals surface area (Å²) in [5, 5.41) is 10.5. The fourth-order valence-corrected chi connectivity index (χ4v) is 4.40. The van der Waals surface area contributed by atoms with Gasteiger partial charge >= 0.3 is 0 Å². The lowest BCUT2D eigenvalue weighted by Crippen LogP contribution is -2.40. The third-order valence-corrected chi connectivity index (χ3v) is 6.46. The molecule has 5 nitrogen and oxygen atoms in total. The van der Waals surface area contributed by atoms with Gasteiger partial charge in [0.05, 0.1) is 18.6 Å². The molecule has 0 amide bonds. The fourth-order valence-electron chi connectivity index (χ4n) is 2.74. The van der Waals surface area contributed by atoms with E-state index >= 15 is 0 Å². The van der Waals surface area contributed by atoms with Crippen LogP contribution in [0.1, 0.15) is 26.7 Å². The molecule has 118 valence electrons. The van der Waals surface area contributed by atoms with E-state index in [1.807, 2.05) is 13.8 Å². The highest BCUT2D eigenvalue weighted by Crippen LogP contribution is 2.42. The van der Waals surface area contributed by atoms with Crippen LogP contribution >= 0.6 is 0 Å². The predicted octanol–water partition coefficient (Wildman–Crippen LogP) is 1.99. The minimum absolute atomic E-state index is 0.135. The molecule has 1 saturated heterocycles. The zero-order valence-electron chi connectivity index (χ0n) is 12.6. The normalized spacial score (nSPS) is 25.0. The Bertz CT molecular complexity index is 575. The molecule has 0 aliphatic carbocycles. The molecule has 1 aromatic carbocycles. The van der Waals surface area contributed by atoms with Gasteiger partial charge in [0, 0.05) is 5.41 Å². The Morgan fingerprint density at radius 2 is 1.86 bits per heavy atom. The van der Waals surface area contributed by atoms with E-state index in [-0.39, 0.29) is 11.5 Å². The maximum absolute atomic E-state index is 12.6. The topological polar surface area (TPSA) is 72.8 Å². The monoisotopic (exact) mass is 314 g/mol.